The van der Waals surface area contributed by atoms with Crippen LogP contribution in [0.1, 0.15) is 15.9 Å². The first-order chi connectivity index (χ1) is 18.9. The van der Waals surface area contributed by atoms with Crippen molar-refractivity contribution in [3.63, 3.8) is 0 Å². The average Bonchev–Trinajstić information content (AvgIpc) is 3.41. The minimum Gasteiger partial charge on any atom is -0.497 e. The number of ether oxygens (including phenoxy) is 3. The molecule has 0 N–H and O–H groups in total. The molecule has 1 fully saturated rings. The van der Waals surface area contributed by atoms with Crippen LogP contribution in [0.5, 0.6) is 11.5 Å². The average molecular weight is 567 g/mol. The summed E-state index contributed by atoms with van der Waals surface area (Å²) in [5, 5.41) is 6.05. The fourth-order valence-corrected chi connectivity index (χ4v) is 6.30. The number of hydrogen-bond acceptors (Lipinski definition) is 9. The first-order valence-corrected chi connectivity index (χ1v) is 14.3. The van der Waals surface area contributed by atoms with Gasteiger partial charge < -0.3 is 14.2 Å². The van der Waals surface area contributed by atoms with Gasteiger partial charge in [-0.05, 0) is 72.3 Å². The van der Waals surface area contributed by atoms with Crippen LogP contribution in [0.2, 0.25) is 0 Å². The normalized spacial score (nSPS) is 14.5. The third-order valence-corrected chi connectivity index (χ3v) is 9.01. The van der Waals surface area contributed by atoms with Gasteiger partial charge in [0, 0.05) is 18.7 Å². The standard InChI is InChI=1S/C27H26N4O6S2/c1-35-21-7-3-19(4-8-21)18-28-31(27-29-24-12-9-22(36-2)17-25(24)38-27)26(32)20-5-10-23(11-6-20)39(33,34)30-13-15-37-16-14-30/h3-12,17-18H,13-16H2,1-2H3/b28-18+. The topological polar surface area (TPSA) is 111 Å². The van der Waals surface area contributed by atoms with Gasteiger partial charge in [0.25, 0.3) is 5.91 Å². The summed E-state index contributed by atoms with van der Waals surface area (Å²) in [6, 6.07) is 18.5. The molecule has 0 radical (unpaired) electrons. The van der Waals surface area contributed by atoms with Gasteiger partial charge in [-0.2, -0.15) is 14.4 Å². The van der Waals surface area contributed by atoms with Gasteiger partial charge in [-0.15, -0.1) is 0 Å². The summed E-state index contributed by atoms with van der Waals surface area (Å²) in [5.41, 5.74) is 1.71. The van der Waals surface area contributed by atoms with Crippen LogP contribution in [-0.4, -0.2) is 70.4 Å². The number of carbonyl (C=O) groups excluding carboxylic acids is 1. The molecule has 4 aromatic rings. The van der Waals surface area contributed by atoms with Crippen LogP contribution >= 0.6 is 11.3 Å². The van der Waals surface area contributed by atoms with E-state index in [9.17, 15) is 13.2 Å². The van der Waals surface area contributed by atoms with E-state index in [2.05, 4.69) is 10.1 Å². The molecule has 0 saturated carbocycles. The summed E-state index contributed by atoms with van der Waals surface area (Å²) in [5.74, 6) is 0.919. The Hall–Kier alpha value is -3.84. The van der Waals surface area contributed by atoms with Crippen molar-refractivity contribution in [1.82, 2.24) is 9.29 Å². The SMILES string of the molecule is COc1ccc(/C=N/N(C(=O)c2ccc(S(=O)(=O)N3CCOCC3)cc2)c2nc3ccc(OC)cc3s2)cc1. The number of aromatic nitrogens is 1. The molecule has 3 aromatic carbocycles. The molecule has 1 amide bonds. The zero-order valence-corrected chi connectivity index (χ0v) is 22.9. The number of sulfonamides is 1. The maximum Gasteiger partial charge on any atom is 0.280 e. The van der Waals surface area contributed by atoms with Crippen molar-refractivity contribution in [2.24, 2.45) is 5.10 Å². The van der Waals surface area contributed by atoms with E-state index >= 15 is 0 Å². The molecule has 0 spiro atoms. The van der Waals surface area contributed by atoms with Crippen LogP contribution in [0.4, 0.5) is 5.13 Å². The van der Waals surface area contributed by atoms with Gasteiger partial charge >= 0.3 is 0 Å². The summed E-state index contributed by atoms with van der Waals surface area (Å²) in [6.45, 7) is 1.29. The molecule has 0 unspecified atom stereocenters. The number of benzene rings is 3. The molecule has 1 aromatic heterocycles. The van der Waals surface area contributed by atoms with Crippen molar-refractivity contribution in [2.45, 2.75) is 4.90 Å². The van der Waals surface area contributed by atoms with E-state index in [-0.39, 0.29) is 10.5 Å². The Morgan fingerprint density at radius 2 is 1.67 bits per heavy atom. The highest BCUT2D eigenvalue weighted by atomic mass is 32.2. The van der Waals surface area contributed by atoms with Gasteiger partial charge in [-0.3, -0.25) is 4.79 Å². The Kier molecular flexibility index (Phi) is 7.89. The molecule has 10 nitrogen and oxygen atoms in total. The lowest BCUT2D eigenvalue weighted by Gasteiger charge is -2.26. The van der Waals surface area contributed by atoms with E-state index in [1.165, 1.54) is 44.9 Å². The lowest BCUT2D eigenvalue weighted by molar-refractivity contribution is 0.0730. The molecule has 5 rings (SSSR count). The molecule has 12 heteroatoms. The molecule has 1 saturated heterocycles. The molecule has 202 valence electrons. The highest BCUT2D eigenvalue weighted by molar-refractivity contribution is 7.89. The van der Waals surface area contributed by atoms with Crippen molar-refractivity contribution in [3.8, 4) is 11.5 Å². The molecule has 1 aliphatic heterocycles. The third kappa shape index (κ3) is 5.78. The van der Waals surface area contributed by atoms with E-state index in [0.717, 1.165) is 10.3 Å². The number of nitrogens with zero attached hydrogens (tertiary/aromatic N) is 4. The van der Waals surface area contributed by atoms with E-state index in [1.807, 2.05) is 24.3 Å². The Labute approximate surface area is 230 Å². The van der Waals surface area contributed by atoms with Crippen molar-refractivity contribution in [3.05, 3.63) is 77.9 Å². The zero-order valence-electron chi connectivity index (χ0n) is 21.3. The zero-order chi connectivity index (χ0) is 27.4. The summed E-state index contributed by atoms with van der Waals surface area (Å²) in [7, 11) is -0.516. The first kappa shape index (κ1) is 26.8. The largest absolute Gasteiger partial charge is 0.497 e. The van der Waals surface area contributed by atoms with Gasteiger partial charge in [0.15, 0.2) is 0 Å². The lowest BCUT2D eigenvalue weighted by Crippen LogP contribution is -2.40. The summed E-state index contributed by atoms with van der Waals surface area (Å²) in [4.78, 5) is 18.4. The predicted molar refractivity (Wildman–Crippen MR) is 150 cm³/mol. The summed E-state index contributed by atoms with van der Waals surface area (Å²) >= 11 is 1.29. The minimum atomic E-state index is -3.69. The predicted octanol–water partition coefficient (Wildman–Crippen LogP) is 4.02. The lowest BCUT2D eigenvalue weighted by atomic mass is 10.2. The van der Waals surface area contributed by atoms with Gasteiger partial charge in [-0.25, -0.2) is 13.4 Å². The number of hydrazone groups is 1. The second kappa shape index (κ2) is 11.5. The van der Waals surface area contributed by atoms with Crippen LogP contribution < -0.4 is 14.5 Å². The molecule has 39 heavy (non-hydrogen) atoms. The van der Waals surface area contributed by atoms with Crippen molar-refractivity contribution in [2.75, 3.05) is 45.5 Å². The number of thiazole rings is 1. The number of methoxy groups -OCH3 is 2. The second-order valence-corrected chi connectivity index (χ2v) is 11.5. The number of carbonyl (C=O) groups is 1. The second-order valence-electron chi connectivity index (χ2n) is 8.51. The first-order valence-electron chi connectivity index (χ1n) is 12.0. The number of anilines is 1. The Morgan fingerprint density at radius 1 is 1.00 bits per heavy atom. The molecule has 0 bridgehead atoms. The number of morpholine rings is 1. The molecular weight excluding hydrogens is 540 g/mol. The fraction of sp³-hybridized carbons (Fsp3) is 0.222. The van der Waals surface area contributed by atoms with Gasteiger partial charge in [0.1, 0.15) is 11.5 Å². The maximum atomic E-state index is 13.7. The van der Waals surface area contributed by atoms with Crippen molar-refractivity contribution in [1.29, 1.82) is 0 Å². The molecule has 0 aliphatic carbocycles. The van der Waals surface area contributed by atoms with E-state index in [4.69, 9.17) is 14.2 Å². The fourth-order valence-electron chi connectivity index (χ4n) is 3.94. The smallest absolute Gasteiger partial charge is 0.280 e. The minimum absolute atomic E-state index is 0.112. The van der Waals surface area contributed by atoms with Crippen LogP contribution in [0.25, 0.3) is 10.2 Å². The number of amides is 1. The van der Waals surface area contributed by atoms with Crippen LogP contribution in [0.3, 0.4) is 0 Å². The molecule has 1 aliphatic rings. The monoisotopic (exact) mass is 566 g/mol. The summed E-state index contributed by atoms with van der Waals surface area (Å²) < 4.78 is 44.0. The quantitative estimate of drug-likeness (QED) is 0.234. The number of rotatable bonds is 8. The van der Waals surface area contributed by atoms with E-state index < -0.39 is 15.9 Å². The Bertz CT molecular complexity index is 1600. The number of fused-ring (bicyclic) bond motifs is 1. The molecule has 0 atom stereocenters. The highest BCUT2D eigenvalue weighted by Gasteiger charge is 2.27. The van der Waals surface area contributed by atoms with Crippen LogP contribution in [-0.2, 0) is 14.8 Å². The molecular formula is C27H26N4O6S2. The van der Waals surface area contributed by atoms with E-state index in [0.29, 0.717) is 48.5 Å². The van der Waals surface area contributed by atoms with Gasteiger partial charge in [-0.1, -0.05) is 11.3 Å². The van der Waals surface area contributed by atoms with Crippen molar-refractivity contribution < 1.29 is 27.4 Å². The Balaban J connectivity index is 1.47. The highest BCUT2D eigenvalue weighted by Crippen LogP contribution is 2.32. The van der Waals surface area contributed by atoms with Gasteiger partial charge in [0.2, 0.25) is 15.2 Å². The Morgan fingerprint density at radius 3 is 2.33 bits per heavy atom. The van der Waals surface area contributed by atoms with Crippen molar-refractivity contribution >= 4 is 48.8 Å². The molecule has 2 heterocycles. The summed E-state index contributed by atoms with van der Waals surface area (Å²) in [6.07, 6.45) is 1.56. The van der Waals surface area contributed by atoms with Gasteiger partial charge in [0.05, 0.1) is 48.8 Å². The van der Waals surface area contributed by atoms with Crippen LogP contribution in [0, 0.1) is 0 Å². The number of hydrogen-bond donors (Lipinski definition) is 0. The van der Waals surface area contributed by atoms with E-state index in [1.54, 1.807) is 38.6 Å². The van der Waals surface area contributed by atoms with Crippen LogP contribution in [0.15, 0.2) is 76.7 Å². The third-order valence-electron chi connectivity index (χ3n) is 6.11. The maximum absolute atomic E-state index is 13.7.